The zero-order valence-electron chi connectivity index (χ0n) is 13.1. The van der Waals surface area contributed by atoms with Crippen molar-refractivity contribution in [3.05, 3.63) is 36.0 Å². The molecule has 2 rings (SSSR count). The summed E-state index contributed by atoms with van der Waals surface area (Å²) in [6.07, 6.45) is 2.83. The predicted octanol–water partition coefficient (Wildman–Crippen LogP) is 3.01. The van der Waals surface area contributed by atoms with Gasteiger partial charge < -0.3 is 15.6 Å². The number of nitrogens with zero attached hydrogens (tertiary/aromatic N) is 1. The average molecular weight is 287 g/mol. The van der Waals surface area contributed by atoms with Crippen LogP contribution >= 0.6 is 0 Å². The molecule has 4 heteroatoms. The van der Waals surface area contributed by atoms with Crippen LogP contribution in [0.25, 0.3) is 10.9 Å². The Morgan fingerprint density at radius 1 is 1.33 bits per heavy atom. The maximum Gasteiger partial charge on any atom is 0.253 e. The van der Waals surface area contributed by atoms with Crippen LogP contribution in [0.4, 0.5) is 0 Å². The topological polar surface area (TPSA) is 62.1 Å². The molecule has 0 unspecified atom stereocenters. The predicted molar refractivity (Wildman–Crippen MR) is 87.3 cm³/mol. The van der Waals surface area contributed by atoms with E-state index in [-0.39, 0.29) is 11.3 Å². The van der Waals surface area contributed by atoms with E-state index >= 15 is 0 Å². The van der Waals surface area contributed by atoms with Crippen molar-refractivity contribution in [3.8, 4) is 0 Å². The van der Waals surface area contributed by atoms with Crippen molar-refractivity contribution in [1.82, 2.24) is 9.88 Å². The number of amides is 1. The van der Waals surface area contributed by atoms with E-state index in [4.69, 9.17) is 5.73 Å². The van der Waals surface area contributed by atoms with Gasteiger partial charge in [-0.1, -0.05) is 20.8 Å². The third-order valence-corrected chi connectivity index (χ3v) is 3.75. The molecule has 1 aromatic heterocycles. The lowest BCUT2D eigenvalue weighted by Crippen LogP contribution is -2.42. The molecule has 1 aromatic carbocycles. The van der Waals surface area contributed by atoms with Crippen LogP contribution in [0.1, 0.15) is 37.6 Å². The fourth-order valence-corrected chi connectivity index (χ4v) is 2.47. The van der Waals surface area contributed by atoms with Crippen molar-refractivity contribution in [2.75, 3.05) is 19.6 Å². The van der Waals surface area contributed by atoms with Crippen molar-refractivity contribution in [3.63, 3.8) is 0 Å². The minimum absolute atomic E-state index is 0.0665. The Morgan fingerprint density at radius 2 is 2.10 bits per heavy atom. The van der Waals surface area contributed by atoms with E-state index in [1.807, 2.05) is 35.4 Å². The Hall–Kier alpha value is -1.81. The van der Waals surface area contributed by atoms with Gasteiger partial charge in [-0.25, -0.2) is 0 Å². The van der Waals surface area contributed by atoms with Gasteiger partial charge in [0.05, 0.1) is 0 Å². The lowest BCUT2D eigenvalue weighted by atomic mass is 9.92. The minimum atomic E-state index is -0.0665. The van der Waals surface area contributed by atoms with Crippen LogP contribution in [-0.2, 0) is 0 Å². The Labute approximate surface area is 126 Å². The first-order valence-electron chi connectivity index (χ1n) is 7.53. The van der Waals surface area contributed by atoms with E-state index in [1.54, 1.807) is 0 Å². The third-order valence-electron chi connectivity index (χ3n) is 3.75. The van der Waals surface area contributed by atoms with Crippen LogP contribution in [0.15, 0.2) is 30.5 Å². The van der Waals surface area contributed by atoms with Gasteiger partial charge in [-0.05, 0) is 42.6 Å². The maximum atomic E-state index is 12.8. The summed E-state index contributed by atoms with van der Waals surface area (Å²) in [6.45, 7) is 8.29. The highest BCUT2D eigenvalue weighted by atomic mass is 16.2. The molecule has 0 aliphatic carbocycles. The molecule has 0 spiro atoms. The highest BCUT2D eigenvalue weighted by molar-refractivity contribution is 5.98. The monoisotopic (exact) mass is 287 g/mol. The number of hydrogen-bond acceptors (Lipinski definition) is 2. The smallest absolute Gasteiger partial charge is 0.253 e. The van der Waals surface area contributed by atoms with Crippen molar-refractivity contribution < 1.29 is 4.79 Å². The quantitative estimate of drug-likeness (QED) is 0.858. The first kappa shape index (κ1) is 15.6. The SMILES string of the molecule is CCCN(CC(C)(C)CN)C(=O)c1ccc2[nH]ccc2c1. The van der Waals surface area contributed by atoms with Crippen LogP contribution in [0.3, 0.4) is 0 Å². The number of rotatable bonds is 6. The molecule has 0 radical (unpaired) electrons. The zero-order valence-corrected chi connectivity index (χ0v) is 13.1. The Bertz CT molecular complexity index is 615. The summed E-state index contributed by atoms with van der Waals surface area (Å²) < 4.78 is 0. The van der Waals surface area contributed by atoms with Gasteiger partial charge in [0, 0.05) is 35.8 Å². The number of benzene rings is 1. The molecule has 0 aliphatic rings. The first-order chi connectivity index (χ1) is 9.96. The summed E-state index contributed by atoms with van der Waals surface area (Å²) in [5.41, 5.74) is 7.53. The van der Waals surface area contributed by atoms with Gasteiger partial charge in [0.2, 0.25) is 0 Å². The molecule has 0 saturated carbocycles. The maximum absolute atomic E-state index is 12.8. The molecule has 0 bridgehead atoms. The molecule has 114 valence electrons. The first-order valence-corrected chi connectivity index (χ1v) is 7.53. The van der Waals surface area contributed by atoms with Gasteiger partial charge in [-0.2, -0.15) is 0 Å². The molecule has 1 amide bonds. The molecule has 1 heterocycles. The van der Waals surface area contributed by atoms with E-state index < -0.39 is 0 Å². The van der Waals surface area contributed by atoms with Crippen LogP contribution in [0.2, 0.25) is 0 Å². The second kappa shape index (κ2) is 6.31. The normalized spacial score (nSPS) is 11.8. The number of carbonyl (C=O) groups is 1. The molecule has 21 heavy (non-hydrogen) atoms. The molecule has 0 aliphatic heterocycles. The van der Waals surface area contributed by atoms with Gasteiger partial charge >= 0.3 is 0 Å². The number of aromatic amines is 1. The van der Waals surface area contributed by atoms with Crippen LogP contribution in [0.5, 0.6) is 0 Å². The second-order valence-electron chi connectivity index (χ2n) is 6.37. The van der Waals surface area contributed by atoms with Crippen molar-refractivity contribution in [2.24, 2.45) is 11.1 Å². The van der Waals surface area contributed by atoms with E-state index in [2.05, 4.69) is 25.8 Å². The molecular formula is C17H25N3O. The van der Waals surface area contributed by atoms with Gasteiger partial charge in [0.15, 0.2) is 0 Å². The van der Waals surface area contributed by atoms with Crippen LogP contribution in [-0.4, -0.2) is 35.4 Å². The Morgan fingerprint density at radius 3 is 2.76 bits per heavy atom. The number of hydrogen-bond donors (Lipinski definition) is 2. The van der Waals surface area contributed by atoms with Crippen molar-refractivity contribution in [2.45, 2.75) is 27.2 Å². The van der Waals surface area contributed by atoms with E-state index in [9.17, 15) is 4.79 Å². The molecule has 0 saturated heterocycles. The Kier molecular flexibility index (Phi) is 4.68. The lowest BCUT2D eigenvalue weighted by molar-refractivity contribution is 0.0689. The summed E-state index contributed by atoms with van der Waals surface area (Å²) in [4.78, 5) is 17.8. The van der Waals surface area contributed by atoms with Crippen LogP contribution in [0, 0.1) is 5.41 Å². The van der Waals surface area contributed by atoms with Gasteiger partial charge in [-0.15, -0.1) is 0 Å². The van der Waals surface area contributed by atoms with Crippen LogP contribution < -0.4 is 5.73 Å². The summed E-state index contributed by atoms with van der Waals surface area (Å²) in [6, 6.07) is 7.78. The second-order valence-corrected chi connectivity index (χ2v) is 6.37. The standard InChI is InChI=1S/C17H25N3O/c1-4-9-20(12-17(2,3)11-18)16(21)14-5-6-15-13(10-14)7-8-19-15/h5-8,10,19H,4,9,11-12,18H2,1-3H3. The molecule has 3 N–H and O–H groups in total. The zero-order chi connectivity index (χ0) is 15.5. The fraction of sp³-hybridized carbons (Fsp3) is 0.471. The fourth-order valence-electron chi connectivity index (χ4n) is 2.47. The van der Waals surface area contributed by atoms with Gasteiger partial charge in [0.25, 0.3) is 5.91 Å². The lowest BCUT2D eigenvalue weighted by Gasteiger charge is -2.31. The highest BCUT2D eigenvalue weighted by Gasteiger charge is 2.24. The number of H-pyrrole nitrogens is 1. The van der Waals surface area contributed by atoms with E-state index in [0.717, 1.165) is 29.4 Å². The number of nitrogens with two attached hydrogens (primary N) is 1. The molecule has 4 nitrogen and oxygen atoms in total. The summed E-state index contributed by atoms with van der Waals surface area (Å²) in [5.74, 6) is 0.0847. The van der Waals surface area contributed by atoms with Gasteiger partial charge in [0.1, 0.15) is 0 Å². The highest BCUT2D eigenvalue weighted by Crippen LogP contribution is 2.19. The summed E-state index contributed by atoms with van der Waals surface area (Å²) in [5, 5.41) is 1.07. The summed E-state index contributed by atoms with van der Waals surface area (Å²) >= 11 is 0. The largest absolute Gasteiger partial charge is 0.361 e. The van der Waals surface area contributed by atoms with Crippen molar-refractivity contribution in [1.29, 1.82) is 0 Å². The Balaban J connectivity index is 2.24. The number of carbonyl (C=O) groups excluding carboxylic acids is 1. The molecular weight excluding hydrogens is 262 g/mol. The van der Waals surface area contributed by atoms with E-state index in [1.165, 1.54) is 0 Å². The molecule has 0 atom stereocenters. The van der Waals surface area contributed by atoms with E-state index in [0.29, 0.717) is 13.1 Å². The average Bonchev–Trinajstić information content (AvgIpc) is 2.93. The number of aromatic nitrogens is 1. The summed E-state index contributed by atoms with van der Waals surface area (Å²) in [7, 11) is 0. The third kappa shape index (κ3) is 3.64. The van der Waals surface area contributed by atoms with Gasteiger partial charge in [-0.3, -0.25) is 4.79 Å². The number of fused-ring (bicyclic) bond motifs is 1. The minimum Gasteiger partial charge on any atom is -0.361 e. The van der Waals surface area contributed by atoms with Crippen molar-refractivity contribution >= 4 is 16.8 Å². The molecule has 0 fully saturated rings. The molecule has 2 aromatic rings. The number of nitrogens with one attached hydrogen (secondary N) is 1.